The summed E-state index contributed by atoms with van der Waals surface area (Å²) >= 11 is 11.9. The molecule has 1 aromatic carbocycles. The van der Waals surface area contributed by atoms with Gasteiger partial charge in [-0.1, -0.05) is 23.2 Å². The molecule has 0 aliphatic carbocycles. The predicted molar refractivity (Wildman–Crippen MR) is 79.5 cm³/mol. The fraction of sp³-hybridized carbons (Fsp3) is 0.385. The minimum Gasteiger partial charge on any atom is -0.504 e. The maximum Gasteiger partial charge on any atom is 0.281 e. The predicted octanol–water partition coefficient (Wildman–Crippen LogP) is 2.53. The second-order valence-electron chi connectivity index (χ2n) is 4.82. The molecule has 20 heavy (non-hydrogen) atoms. The van der Waals surface area contributed by atoms with Crippen molar-refractivity contribution < 1.29 is 5.11 Å². The average Bonchev–Trinajstić information content (AvgIpc) is 2.45. The quantitative estimate of drug-likeness (QED) is 0.879. The highest BCUT2D eigenvalue weighted by atomic mass is 35.5. The van der Waals surface area contributed by atoms with Crippen LogP contribution in [0.4, 0.5) is 0 Å². The van der Waals surface area contributed by atoms with E-state index in [1.165, 1.54) is 23.5 Å². The van der Waals surface area contributed by atoms with Crippen LogP contribution in [0.2, 0.25) is 10.0 Å². The molecule has 1 N–H and O–H groups in total. The third-order valence-electron chi connectivity index (χ3n) is 3.53. The minimum atomic E-state index is -0.283. The number of hydrogen-bond donors (Lipinski definition) is 1. The van der Waals surface area contributed by atoms with Crippen molar-refractivity contribution in [3.63, 3.8) is 0 Å². The van der Waals surface area contributed by atoms with Crippen molar-refractivity contribution in [1.29, 1.82) is 0 Å². The van der Waals surface area contributed by atoms with E-state index >= 15 is 0 Å². The third-order valence-corrected chi connectivity index (χ3v) is 4.12. The molecule has 3 rings (SSSR count). The number of phenolic OH excluding ortho intramolecular Hbond substituents is 1. The topological polar surface area (TPSA) is 58.4 Å². The van der Waals surface area contributed by atoms with Crippen LogP contribution in [0.5, 0.6) is 5.75 Å². The smallest absolute Gasteiger partial charge is 0.281 e. The summed E-state index contributed by atoms with van der Waals surface area (Å²) in [6.07, 6.45) is 4.68. The van der Waals surface area contributed by atoms with Crippen LogP contribution >= 0.6 is 23.2 Å². The molecule has 0 amide bonds. The van der Waals surface area contributed by atoms with Gasteiger partial charge in [-0.25, -0.2) is 9.66 Å². The van der Waals surface area contributed by atoms with Crippen LogP contribution in [0.15, 0.2) is 17.2 Å². The zero-order valence-electron chi connectivity index (χ0n) is 10.6. The number of fused-ring (bicyclic) bond motifs is 1. The average molecular weight is 314 g/mol. The van der Waals surface area contributed by atoms with E-state index in [1.807, 2.05) is 5.01 Å². The van der Waals surface area contributed by atoms with Crippen LogP contribution < -0.4 is 10.6 Å². The molecule has 7 heteroatoms. The van der Waals surface area contributed by atoms with Gasteiger partial charge in [0.1, 0.15) is 11.8 Å². The Morgan fingerprint density at radius 3 is 2.55 bits per heavy atom. The molecule has 0 radical (unpaired) electrons. The molecule has 1 aromatic heterocycles. The Hall–Kier alpha value is -1.46. The maximum absolute atomic E-state index is 12.6. The van der Waals surface area contributed by atoms with Crippen LogP contribution in [0.3, 0.4) is 0 Å². The minimum absolute atomic E-state index is 0.0881. The molecular weight excluding hydrogens is 301 g/mol. The Morgan fingerprint density at radius 2 is 1.85 bits per heavy atom. The van der Waals surface area contributed by atoms with E-state index in [0.717, 1.165) is 25.9 Å². The van der Waals surface area contributed by atoms with E-state index in [-0.39, 0.29) is 32.3 Å². The first-order valence-electron chi connectivity index (χ1n) is 6.43. The van der Waals surface area contributed by atoms with Crippen molar-refractivity contribution in [2.24, 2.45) is 0 Å². The Labute approximate surface area is 125 Å². The number of aromatic nitrogens is 2. The molecule has 0 atom stereocenters. The third kappa shape index (κ3) is 2.11. The molecule has 0 bridgehead atoms. The lowest BCUT2D eigenvalue weighted by atomic mass is 10.2. The molecule has 0 saturated carbocycles. The number of piperidine rings is 1. The lowest BCUT2D eigenvalue weighted by Crippen LogP contribution is -2.45. The molecule has 1 aliphatic heterocycles. The number of aromatic hydroxyl groups is 1. The summed E-state index contributed by atoms with van der Waals surface area (Å²) < 4.78 is 1.47. The zero-order valence-corrected chi connectivity index (χ0v) is 12.2. The zero-order chi connectivity index (χ0) is 14.3. The molecule has 2 heterocycles. The number of phenols is 1. The Morgan fingerprint density at radius 1 is 1.15 bits per heavy atom. The first-order chi connectivity index (χ1) is 9.59. The van der Waals surface area contributed by atoms with Crippen molar-refractivity contribution in [1.82, 2.24) is 9.66 Å². The van der Waals surface area contributed by atoms with E-state index in [9.17, 15) is 9.90 Å². The van der Waals surface area contributed by atoms with Crippen LogP contribution in [0.25, 0.3) is 10.9 Å². The SMILES string of the molecule is O=c1c2c(Cl)cc(Cl)c(O)c2ncn1N1CCCCC1. The second-order valence-corrected chi connectivity index (χ2v) is 5.64. The monoisotopic (exact) mass is 313 g/mol. The lowest BCUT2D eigenvalue weighted by Gasteiger charge is -2.29. The van der Waals surface area contributed by atoms with Gasteiger partial charge in [-0.2, -0.15) is 0 Å². The van der Waals surface area contributed by atoms with Crippen LogP contribution in [0.1, 0.15) is 19.3 Å². The lowest BCUT2D eigenvalue weighted by molar-refractivity contribution is 0.465. The molecule has 106 valence electrons. The summed E-state index contributed by atoms with van der Waals surface area (Å²) in [7, 11) is 0. The molecule has 1 aliphatic rings. The summed E-state index contributed by atoms with van der Waals surface area (Å²) in [5, 5.41) is 12.3. The highest BCUT2D eigenvalue weighted by Crippen LogP contribution is 2.34. The first kappa shape index (κ1) is 13.5. The standard InChI is InChI=1S/C13H13Cl2N3O2/c14-8-6-9(15)12(19)11-10(8)13(20)18(7-16-11)17-4-2-1-3-5-17/h6-7,19H,1-5H2. The van der Waals surface area contributed by atoms with Crippen molar-refractivity contribution >= 4 is 34.1 Å². The maximum atomic E-state index is 12.6. The summed E-state index contributed by atoms with van der Waals surface area (Å²) in [5.74, 6) is -0.214. The molecule has 0 unspecified atom stereocenters. The van der Waals surface area contributed by atoms with Gasteiger partial charge in [0, 0.05) is 13.1 Å². The molecule has 5 nitrogen and oxygen atoms in total. The van der Waals surface area contributed by atoms with Crippen molar-refractivity contribution in [3.8, 4) is 5.75 Å². The Balaban J connectivity index is 2.23. The van der Waals surface area contributed by atoms with E-state index in [4.69, 9.17) is 23.2 Å². The molecule has 2 aromatic rings. The van der Waals surface area contributed by atoms with Crippen molar-refractivity contribution in [2.75, 3.05) is 18.1 Å². The van der Waals surface area contributed by atoms with Gasteiger partial charge >= 0.3 is 0 Å². The van der Waals surface area contributed by atoms with Gasteiger partial charge in [0.25, 0.3) is 5.56 Å². The van der Waals surface area contributed by atoms with Gasteiger partial charge in [-0.05, 0) is 25.3 Å². The van der Waals surface area contributed by atoms with Gasteiger partial charge in [0.15, 0.2) is 5.75 Å². The van der Waals surface area contributed by atoms with E-state index in [1.54, 1.807) is 0 Å². The largest absolute Gasteiger partial charge is 0.504 e. The second kappa shape index (κ2) is 5.14. The van der Waals surface area contributed by atoms with Gasteiger partial charge in [-0.3, -0.25) is 4.79 Å². The van der Waals surface area contributed by atoms with Gasteiger partial charge in [0.05, 0.1) is 15.4 Å². The summed E-state index contributed by atoms with van der Waals surface area (Å²) in [6.45, 7) is 1.62. The van der Waals surface area contributed by atoms with Crippen LogP contribution in [-0.4, -0.2) is 27.9 Å². The van der Waals surface area contributed by atoms with Crippen LogP contribution in [0, 0.1) is 0 Å². The first-order valence-corrected chi connectivity index (χ1v) is 7.19. The summed E-state index contributed by atoms with van der Waals surface area (Å²) in [6, 6.07) is 1.37. The van der Waals surface area contributed by atoms with E-state index in [2.05, 4.69) is 4.98 Å². The number of nitrogens with zero attached hydrogens (tertiary/aromatic N) is 3. The van der Waals surface area contributed by atoms with Gasteiger partial charge in [-0.15, -0.1) is 0 Å². The molecule has 1 saturated heterocycles. The van der Waals surface area contributed by atoms with Crippen molar-refractivity contribution in [2.45, 2.75) is 19.3 Å². The van der Waals surface area contributed by atoms with E-state index in [0.29, 0.717) is 0 Å². The highest BCUT2D eigenvalue weighted by molar-refractivity contribution is 6.39. The fourth-order valence-corrected chi connectivity index (χ4v) is 3.03. The number of halogens is 2. The van der Waals surface area contributed by atoms with Gasteiger partial charge < -0.3 is 10.1 Å². The fourth-order valence-electron chi connectivity index (χ4n) is 2.50. The Bertz CT molecular complexity index is 724. The highest BCUT2D eigenvalue weighted by Gasteiger charge is 2.18. The Kier molecular flexibility index (Phi) is 3.48. The van der Waals surface area contributed by atoms with Gasteiger partial charge in [0.2, 0.25) is 0 Å². The van der Waals surface area contributed by atoms with E-state index < -0.39 is 0 Å². The molecule has 0 spiro atoms. The summed E-state index contributed by atoms with van der Waals surface area (Å²) in [5.41, 5.74) is -0.144. The van der Waals surface area contributed by atoms with Crippen molar-refractivity contribution in [3.05, 3.63) is 32.8 Å². The molecular formula is C13H13Cl2N3O2. The van der Waals surface area contributed by atoms with Crippen LogP contribution in [-0.2, 0) is 0 Å². The number of rotatable bonds is 1. The summed E-state index contributed by atoms with van der Waals surface area (Å²) in [4.78, 5) is 16.7. The molecule has 1 fully saturated rings. The normalized spacial score (nSPS) is 15.8. The number of benzene rings is 1. The number of hydrogen-bond acceptors (Lipinski definition) is 4.